The number of thiazole rings is 1. The van der Waals surface area contributed by atoms with Crippen molar-refractivity contribution in [2.24, 2.45) is 0 Å². The van der Waals surface area contributed by atoms with E-state index in [1.165, 1.54) is 11.3 Å². The van der Waals surface area contributed by atoms with Crippen LogP contribution in [0.15, 0.2) is 53.9 Å². The largest absolute Gasteiger partial charge is 0.496 e. The van der Waals surface area contributed by atoms with Crippen molar-refractivity contribution in [3.05, 3.63) is 70.2 Å². The third-order valence-electron chi connectivity index (χ3n) is 3.67. The Bertz CT molecular complexity index is 879. The molecule has 128 valence electrons. The Hall–Kier alpha value is -2.37. The second kappa shape index (κ2) is 8.14. The van der Waals surface area contributed by atoms with Crippen LogP contribution in [0.4, 0.5) is 0 Å². The summed E-state index contributed by atoms with van der Waals surface area (Å²) in [6.45, 7) is 0.421. The summed E-state index contributed by atoms with van der Waals surface area (Å²) < 4.78 is 5.28. The molecule has 25 heavy (non-hydrogen) atoms. The van der Waals surface area contributed by atoms with Crippen molar-refractivity contribution in [3.8, 4) is 16.3 Å². The molecule has 0 bridgehead atoms. The number of carbonyl (C=O) groups is 1. The lowest BCUT2D eigenvalue weighted by Gasteiger charge is -2.09. The number of ether oxygens (including phenoxy) is 1. The molecule has 1 aromatic heterocycles. The van der Waals surface area contributed by atoms with Crippen molar-refractivity contribution in [2.75, 3.05) is 7.11 Å². The van der Waals surface area contributed by atoms with Gasteiger partial charge in [0.1, 0.15) is 10.8 Å². The van der Waals surface area contributed by atoms with Gasteiger partial charge in [-0.25, -0.2) is 4.98 Å². The first-order chi connectivity index (χ1) is 12.2. The normalized spacial score (nSPS) is 10.5. The van der Waals surface area contributed by atoms with E-state index in [4.69, 9.17) is 16.3 Å². The summed E-state index contributed by atoms with van der Waals surface area (Å²) in [5.41, 5.74) is 2.56. The number of hydrogen-bond donors (Lipinski definition) is 1. The monoisotopic (exact) mass is 372 g/mol. The second-order valence-corrected chi connectivity index (χ2v) is 6.65. The van der Waals surface area contributed by atoms with Crippen molar-refractivity contribution in [2.45, 2.75) is 13.0 Å². The van der Waals surface area contributed by atoms with Gasteiger partial charge in [0.05, 0.1) is 24.2 Å². The zero-order valence-corrected chi connectivity index (χ0v) is 15.2. The van der Waals surface area contributed by atoms with Gasteiger partial charge < -0.3 is 10.1 Å². The second-order valence-electron chi connectivity index (χ2n) is 5.39. The minimum Gasteiger partial charge on any atom is -0.496 e. The molecule has 3 aromatic rings. The van der Waals surface area contributed by atoms with Gasteiger partial charge in [-0.2, -0.15) is 0 Å². The molecular weight excluding hydrogens is 356 g/mol. The van der Waals surface area contributed by atoms with E-state index in [0.29, 0.717) is 11.6 Å². The maximum Gasteiger partial charge on any atom is 0.226 e. The molecule has 1 N–H and O–H groups in total. The van der Waals surface area contributed by atoms with E-state index >= 15 is 0 Å². The molecule has 2 aromatic carbocycles. The van der Waals surface area contributed by atoms with Crippen molar-refractivity contribution < 1.29 is 9.53 Å². The van der Waals surface area contributed by atoms with Crippen LogP contribution in [0.3, 0.4) is 0 Å². The minimum absolute atomic E-state index is 0.0816. The number of amides is 1. The molecule has 6 heteroatoms. The average molecular weight is 373 g/mol. The molecule has 0 saturated carbocycles. The highest BCUT2D eigenvalue weighted by atomic mass is 35.5. The van der Waals surface area contributed by atoms with Gasteiger partial charge in [0.25, 0.3) is 0 Å². The lowest BCUT2D eigenvalue weighted by Crippen LogP contribution is -2.24. The molecule has 4 nitrogen and oxygen atoms in total. The molecule has 0 saturated heterocycles. The first-order valence-electron chi connectivity index (χ1n) is 7.75. The fourth-order valence-electron chi connectivity index (χ4n) is 2.42. The molecule has 0 aliphatic rings. The van der Waals surface area contributed by atoms with Gasteiger partial charge in [-0.3, -0.25) is 4.79 Å². The van der Waals surface area contributed by atoms with Gasteiger partial charge in [0.15, 0.2) is 0 Å². The molecule has 0 atom stereocenters. The Labute approximate surface area is 155 Å². The van der Waals surface area contributed by atoms with E-state index < -0.39 is 0 Å². The highest BCUT2D eigenvalue weighted by Gasteiger charge is 2.11. The maximum absolute atomic E-state index is 12.2. The number of carbonyl (C=O) groups excluding carboxylic acids is 1. The molecule has 0 aliphatic heterocycles. The van der Waals surface area contributed by atoms with Crippen LogP contribution in [0, 0.1) is 0 Å². The molecule has 3 rings (SSSR count). The van der Waals surface area contributed by atoms with Gasteiger partial charge >= 0.3 is 0 Å². The zero-order chi connectivity index (χ0) is 17.6. The fraction of sp³-hybridized carbons (Fsp3) is 0.158. The summed E-state index contributed by atoms with van der Waals surface area (Å²) in [7, 11) is 1.62. The summed E-state index contributed by atoms with van der Waals surface area (Å²) >= 11 is 7.68. The van der Waals surface area contributed by atoms with Crippen molar-refractivity contribution >= 4 is 28.8 Å². The number of benzene rings is 2. The van der Waals surface area contributed by atoms with Crippen LogP contribution >= 0.6 is 22.9 Å². The molecule has 0 unspecified atom stereocenters. The standard InChI is InChI=1S/C19H17ClN2O2S/c1-24-17-9-5-2-6-13(17)11-21-18(23)10-14-12-25-19(22-14)15-7-3-4-8-16(15)20/h2-9,12H,10-11H2,1H3,(H,21,23). The summed E-state index contributed by atoms with van der Waals surface area (Å²) in [4.78, 5) is 16.7. The van der Waals surface area contributed by atoms with Gasteiger partial charge in [-0.1, -0.05) is 48.0 Å². The van der Waals surface area contributed by atoms with Crippen LogP contribution in [0.2, 0.25) is 5.02 Å². The average Bonchev–Trinajstić information content (AvgIpc) is 3.08. The van der Waals surface area contributed by atoms with Crippen LogP contribution < -0.4 is 10.1 Å². The van der Waals surface area contributed by atoms with Crippen LogP contribution in [0.25, 0.3) is 10.6 Å². The van der Waals surface area contributed by atoms with Gasteiger partial charge in [0, 0.05) is 23.1 Å². The SMILES string of the molecule is COc1ccccc1CNC(=O)Cc1csc(-c2ccccc2Cl)n1. The number of para-hydroxylation sites is 1. The fourth-order valence-corrected chi connectivity index (χ4v) is 3.56. The van der Waals surface area contributed by atoms with Crippen LogP contribution in [-0.4, -0.2) is 18.0 Å². The van der Waals surface area contributed by atoms with Crippen molar-refractivity contribution in [1.82, 2.24) is 10.3 Å². The highest BCUT2D eigenvalue weighted by Crippen LogP contribution is 2.30. The third-order valence-corrected chi connectivity index (χ3v) is 4.92. The number of hydrogen-bond acceptors (Lipinski definition) is 4. The van der Waals surface area contributed by atoms with Crippen LogP contribution in [0.5, 0.6) is 5.75 Å². The van der Waals surface area contributed by atoms with Crippen LogP contribution in [-0.2, 0) is 17.8 Å². The van der Waals surface area contributed by atoms with E-state index in [2.05, 4.69) is 10.3 Å². The Morgan fingerprint density at radius 1 is 1.20 bits per heavy atom. The van der Waals surface area contributed by atoms with E-state index in [0.717, 1.165) is 27.6 Å². The first-order valence-corrected chi connectivity index (χ1v) is 9.01. The lowest BCUT2D eigenvalue weighted by molar-refractivity contribution is -0.120. The quantitative estimate of drug-likeness (QED) is 0.700. The van der Waals surface area contributed by atoms with Crippen molar-refractivity contribution in [1.29, 1.82) is 0 Å². The molecule has 0 aliphatic carbocycles. The number of halogens is 1. The molecule has 0 spiro atoms. The van der Waals surface area contributed by atoms with E-state index in [-0.39, 0.29) is 12.3 Å². The summed E-state index contributed by atoms with van der Waals surface area (Å²) in [6.07, 6.45) is 0.232. The molecule has 1 amide bonds. The smallest absolute Gasteiger partial charge is 0.226 e. The number of rotatable bonds is 6. The zero-order valence-electron chi connectivity index (χ0n) is 13.7. The van der Waals surface area contributed by atoms with Gasteiger partial charge in [-0.15, -0.1) is 11.3 Å². The Kier molecular flexibility index (Phi) is 5.68. The van der Waals surface area contributed by atoms with Gasteiger partial charge in [0.2, 0.25) is 5.91 Å². The van der Waals surface area contributed by atoms with E-state index in [9.17, 15) is 4.79 Å². The summed E-state index contributed by atoms with van der Waals surface area (Å²) in [6, 6.07) is 15.2. The maximum atomic E-state index is 12.2. The third kappa shape index (κ3) is 4.38. The van der Waals surface area contributed by atoms with Gasteiger partial charge in [-0.05, 0) is 12.1 Å². The predicted octanol–water partition coefficient (Wildman–Crippen LogP) is 4.33. The molecular formula is C19H17ClN2O2S. The van der Waals surface area contributed by atoms with E-state index in [1.54, 1.807) is 7.11 Å². The van der Waals surface area contributed by atoms with E-state index in [1.807, 2.05) is 53.9 Å². The lowest BCUT2D eigenvalue weighted by atomic mass is 10.2. The Balaban J connectivity index is 1.61. The number of nitrogens with one attached hydrogen (secondary N) is 1. The molecule has 0 fully saturated rings. The molecule has 0 radical (unpaired) electrons. The Morgan fingerprint density at radius 3 is 2.76 bits per heavy atom. The number of nitrogens with zero attached hydrogens (tertiary/aromatic N) is 1. The van der Waals surface area contributed by atoms with Crippen molar-refractivity contribution in [3.63, 3.8) is 0 Å². The number of aromatic nitrogens is 1. The Morgan fingerprint density at radius 2 is 1.96 bits per heavy atom. The van der Waals surface area contributed by atoms with Crippen LogP contribution in [0.1, 0.15) is 11.3 Å². The predicted molar refractivity (Wildman–Crippen MR) is 101 cm³/mol. The summed E-state index contributed by atoms with van der Waals surface area (Å²) in [5.74, 6) is 0.680. The summed E-state index contributed by atoms with van der Waals surface area (Å²) in [5, 5.41) is 6.27. The number of methoxy groups -OCH3 is 1. The highest BCUT2D eigenvalue weighted by molar-refractivity contribution is 7.13. The topological polar surface area (TPSA) is 51.2 Å². The minimum atomic E-state index is -0.0816. The first kappa shape index (κ1) is 17.5. The molecule has 1 heterocycles.